The summed E-state index contributed by atoms with van der Waals surface area (Å²) in [5.41, 5.74) is 1.72. The Kier molecular flexibility index (Phi) is 2.60. The van der Waals surface area contributed by atoms with E-state index in [1.807, 2.05) is 29.6 Å². The fourth-order valence-corrected chi connectivity index (χ4v) is 2.68. The Balaban J connectivity index is 1.86. The standard InChI is InChI=1S/C14H10N2O3S/c1-2-10(17-6-1)12-9(16-14-15-5-7-20-14)3-4-11-13(12)19-8-18-11/h1-7H,8H2,(H,15,16). The van der Waals surface area contributed by atoms with Crippen molar-refractivity contribution >= 4 is 22.2 Å². The first-order valence-corrected chi connectivity index (χ1v) is 6.93. The van der Waals surface area contributed by atoms with Crippen LogP contribution in [0.5, 0.6) is 11.5 Å². The first-order chi connectivity index (χ1) is 9.92. The maximum absolute atomic E-state index is 5.57. The van der Waals surface area contributed by atoms with E-state index in [0.29, 0.717) is 5.75 Å². The van der Waals surface area contributed by atoms with Gasteiger partial charge in [-0.3, -0.25) is 0 Å². The molecule has 1 aliphatic heterocycles. The van der Waals surface area contributed by atoms with E-state index in [0.717, 1.165) is 27.9 Å². The van der Waals surface area contributed by atoms with Crippen molar-refractivity contribution in [3.63, 3.8) is 0 Å². The molecule has 0 amide bonds. The van der Waals surface area contributed by atoms with Gasteiger partial charge < -0.3 is 19.2 Å². The van der Waals surface area contributed by atoms with Crippen LogP contribution in [0.1, 0.15) is 0 Å². The van der Waals surface area contributed by atoms with Gasteiger partial charge in [-0.15, -0.1) is 11.3 Å². The fraction of sp³-hybridized carbons (Fsp3) is 0.0714. The Bertz CT molecular complexity index is 723. The average Bonchev–Trinajstić information content (AvgIpc) is 3.21. The number of hydrogen-bond donors (Lipinski definition) is 1. The third-order valence-electron chi connectivity index (χ3n) is 2.98. The predicted octanol–water partition coefficient (Wildman–Crippen LogP) is 3.88. The number of furan rings is 1. The van der Waals surface area contributed by atoms with Crippen LogP contribution in [-0.4, -0.2) is 11.8 Å². The molecule has 1 aromatic carbocycles. The molecule has 0 bridgehead atoms. The van der Waals surface area contributed by atoms with Crippen molar-refractivity contribution in [1.29, 1.82) is 0 Å². The molecule has 5 nitrogen and oxygen atoms in total. The van der Waals surface area contributed by atoms with Crippen molar-refractivity contribution in [2.75, 3.05) is 12.1 Å². The summed E-state index contributed by atoms with van der Waals surface area (Å²) in [7, 11) is 0. The number of anilines is 2. The monoisotopic (exact) mass is 286 g/mol. The predicted molar refractivity (Wildman–Crippen MR) is 75.7 cm³/mol. The number of benzene rings is 1. The zero-order valence-corrected chi connectivity index (χ0v) is 11.1. The number of ether oxygens (including phenoxy) is 2. The van der Waals surface area contributed by atoms with Crippen molar-refractivity contribution in [2.45, 2.75) is 0 Å². The summed E-state index contributed by atoms with van der Waals surface area (Å²) in [6.45, 7) is 0.226. The summed E-state index contributed by atoms with van der Waals surface area (Å²) in [5.74, 6) is 2.15. The van der Waals surface area contributed by atoms with Gasteiger partial charge in [-0.2, -0.15) is 0 Å². The molecule has 1 aliphatic rings. The van der Waals surface area contributed by atoms with Gasteiger partial charge in [-0.05, 0) is 24.3 Å². The van der Waals surface area contributed by atoms with Gasteiger partial charge in [0.15, 0.2) is 16.6 Å². The molecule has 4 rings (SSSR count). The highest BCUT2D eigenvalue weighted by Crippen LogP contribution is 2.46. The maximum Gasteiger partial charge on any atom is 0.231 e. The van der Waals surface area contributed by atoms with Gasteiger partial charge in [-0.1, -0.05) is 0 Å². The zero-order chi connectivity index (χ0) is 13.4. The number of thiazole rings is 1. The molecular weight excluding hydrogens is 276 g/mol. The number of aromatic nitrogens is 1. The molecule has 0 fully saturated rings. The van der Waals surface area contributed by atoms with Gasteiger partial charge >= 0.3 is 0 Å². The number of hydrogen-bond acceptors (Lipinski definition) is 6. The van der Waals surface area contributed by atoms with E-state index in [4.69, 9.17) is 13.9 Å². The second-order valence-electron chi connectivity index (χ2n) is 4.16. The highest BCUT2D eigenvalue weighted by Gasteiger charge is 2.24. The molecule has 0 spiro atoms. The molecule has 0 aliphatic carbocycles. The van der Waals surface area contributed by atoms with E-state index in [1.165, 1.54) is 11.3 Å². The Morgan fingerprint density at radius 3 is 3.00 bits per heavy atom. The highest BCUT2D eigenvalue weighted by molar-refractivity contribution is 7.13. The first-order valence-electron chi connectivity index (χ1n) is 6.05. The topological polar surface area (TPSA) is 56.5 Å². The fourth-order valence-electron chi connectivity index (χ4n) is 2.14. The van der Waals surface area contributed by atoms with Crippen LogP contribution in [0.25, 0.3) is 11.3 Å². The number of rotatable bonds is 3. The van der Waals surface area contributed by atoms with E-state index >= 15 is 0 Å². The van der Waals surface area contributed by atoms with Crippen molar-refractivity contribution in [2.24, 2.45) is 0 Å². The van der Waals surface area contributed by atoms with Gasteiger partial charge in [0, 0.05) is 11.6 Å². The number of nitrogens with one attached hydrogen (secondary N) is 1. The molecular formula is C14H10N2O3S. The molecule has 0 atom stereocenters. The summed E-state index contributed by atoms with van der Waals surface area (Å²) >= 11 is 1.53. The molecule has 3 heterocycles. The molecule has 3 aromatic rings. The van der Waals surface area contributed by atoms with Gasteiger partial charge in [0.1, 0.15) is 5.76 Å². The zero-order valence-electron chi connectivity index (χ0n) is 10.3. The average molecular weight is 286 g/mol. The van der Waals surface area contributed by atoms with E-state index in [2.05, 4.69) is 10.3 Å². The van der Waals surface area contributed by atoms with Crippen LogP contribution in [0, 0.1) is 0 Å². The van der Waals surface area contributed by atoms with E-state index in [-0.39, 0.29) is 6.79 Å². The summed E-state index contributed by atoms with van der Waals surface area (Å²) < 4.78 is 16.5. The van der Waals surface area contributed by atoms with Crippen LogP contribution in [-0.2, 0) is 0 Å². The van der Waals surface area contributed by atoms with Crippen molar-refractivity contribution < 1.29 is 13.9 Å². The van der Waals surface area contributed by atoms with Crippen LogP contribution < -0.4 is 14.8 Å². The Labute approximate surface area is 118 Å². The van der Waals surface area contributed by atoms with Crippen LogP contribution in [0.15, 0.2) is 46.5 Å². The molecule has 100 valence electrons. The van der Waals surface area contributed by atoms with E-state index in [9.17, 15) is 0 Å². The largest absolute Gasteiger partial charge is 0.464 e. The lowest BCUT2D eigenvalue weighted by molar-refractivity contribution is 0.174. The molecule has 20 heavy (non-hydrogen) atoms. The van der Waals surface area contributed by atoms with Crippen molar-refractivity contribution in [1.82, 2.24) is 4.98 Å². The SMILES string of the molecule is c1coc(-c2c(Nc3nccs3)ccc3c2OCO3)c1. The minimum atomic E-state index is 0.226. The summed E-state index contributed by atoms with van der Waals surface area (Å²) in [6.07, 6.45) is 3.39. The van der Waals surface area contributed by atoms with Crippen LogP contribution in [0.3, 0.4) is 0 Å². The maximum atomic E-state index is 5.57. The smallest absolute Gasteiger partial charge is 0.231 e. The molecule has 2 aromatic heterocycles. The number of nitrogens with zero attached hydrogens (tertiary/aromatic N) is 1. The molecule has 6 heteroatoms. The first kappa shape index (κ1) is 11.4. The van der Waals surface area contributed by atoms with Crippen molar-refractivity contribution in [3.05, 3.63) is 42.1 Å². The lowest BCUT2D eigenvalue weighted by Gasteiger charge is -2.11. The summed E-state index contributed by atoms with van der Waals surface area (Å²) in [4.78, 5) is 4.23. The Morgan fingerprint density at radius 1 is 1.20 bits per heavy atom. The van der Waals surface area contributed by atoms with Gasteiger partial charge in [0.05, 0.1) is 17.5 Å². The van der Waals surface area contributed by atoms with Gasteiger partial charge in [0.2, 0.25) is 6.79 Å². The quantitative estimate of drug-likeness (QED) is 0.792. The summed E-state index contributed by atoms with van der Waals surface area (Å²) in [6, 6.07) is 7.56. The molecule has 0 saturated carbocycles. The second kappa shape index (κ2) is 4.57. The Morgan fingerprint density at radius 2 is 2.20 bits per heavy atom. The third-order valence-corrected chi connectivity index (χ3v) is 3.67. The number of fused-ring (bicyclic) bond motifs is 1. The Hall–Kier alpha value is -2.47. The molecule has 0 radical (unpaired) electrons. The molecule has 0 saturated heterocycles. The third kappa shape index (κ3) is 1.81. The lowest BCUT2D eigenvalue weighted by atomic mass is 10.1. The van der Waals surface area contributed by atoms with Crippen molar-refractivity contribution in [3.8, 4) is 22.8 Å². The molecule has 0 unspecified atom stereocenters. The molecule has 1 N–H and O–H groups in total. The highest BCUT2D eigenvalue weighted by atomic mass is 32.1. The minimum absolute atomic E-state index is 0.226. The van der Waals surface area contributed by atoms with E-state index in [1.54, 1.807) is 12.5 Å². The van der Waals surface area contributed by atoms with Gasteiger partial charge in [0.25, 0.3) is 0 Å². The van der Waals surface area contributed by atoms with Crippen LogP contribution >= 0.6 is 11.3 Å². The normalized spacial score (nSPS) is 12.6. The lowest BCUT2D eigenvalue weighted by Crippen LogP contribution is -1.95. The van der Waals surface area contributed by atoms with Crippen LogP contribution in [0.2, 0.25) is 0 Å². The summed E-state index contributed by atoms with van der Waals surface area (Å²) in [5, 5.41) is 6.02. The van der Waals surface area contributed by atoms with Crippen LogP contribution in [0.4, 0.5) is 10.8 Å². The second-order valence-corrected chi connectivity index (χ2v) is 5.06. The minimum Gasteiger partial charge on any atom is -0.464 e. The van der Waals surface area contributed by atoms with Gasteiger partial charge in [-0.25, -0.2) is 4.98 Å². The van der Waals surface area contributed by atoms with E-state index < -0.39 is 0 Å².